The first-order chi connectivity index (χ1) is 10.0. The summed E-state index contributed by atoms with van der Waals surface area (Å²) in [6.45, 7) is 2.48. The van der Waals surface area contributed by atoms with Crippen molar-refractivity contribution < 1.29 is 18.7 Å². The zero-order valence-corrected chi connectivity index (χ0v) is 12.5. The maximum atomic E-state index is 13.0. The Morgan fingerprint density at radius 3 is 2.86 bits per heavy atom. The van der Waals surface area contributed by atoms with Crippen LogP contribution in [0.15, 0.2) is 24.3 Å². The van der Waals surface area contributed by atoms with Crippen LogP contribution in [0.1, 0.15) is 25.3 Å². The number of carbonyl (C=O) groups excluding carboxylic acids is 2. The highest BCUT2D eigenvalue weighted by atomic mass is 35.5. The number of rotatable bonds is 7. The van der Waals surface area contributed by atoms with Crippen LogP contribution in [0.2, 0.25) is 5.02 Å². The zero-order chi connectivity index (χ0) is 15.7. The van der Waals surface area contributed by atoms with E-state index in [2.05, 4.69) is 5.32 Å². The molecule has 1 N–H and O–H groups in total. The van der Waals surface area contributed by atoms with E-state index in [0.29, 0.717) is 25.1 Å². The standard InChI is InChI=1S/C15H17ClFNO3/c1-2-21-15(20)4-3-9-18-14(19)8-6-11-5-7-13(17)12(16)10-11/h5-8,10H,2-4,9H2,1H3,(H,18,19). The van der Waals surface area contributed by atoms with Gasteiger partial charge in [-0.3, -0.25) is 9.59 Å². The number of nitrogens with one attached hydrogen (secondary N) is 1. The summed E-state index contributed by atoms with van der Waals surface area (Å²) >= 11 is 5.63. The van der Waals surface area contributed by atoms with Gasteiger partial charge in [0.25, 0.3) is 0 Å². The molecular formula is C15H17ClFNO3. The number of halogens is 2. The van der Waals surface area contributed by atoms with Crippen molar-refractivity contribution >= 4 is 29.6 Å². The first-order valence-corrected chi connectivity index (χ1v) is 6.97. The maximum absolute atomic E-state index is 13.0. The van der Waals surface area contributed by atoms with Crippen LogP contribution in [0.5, 0.6) is 0 Å². The van der Waals surface area contributed by atoms with Crippen molar-refractivity contribution in [3.8, 4) is 0 Å². The Morgan fingerprint density at radius 2 is 2.19 bits per heavy atom. The Kier molecular flexibility index (Phi) is 7.46. The van der Waals surface area contributed by atoms with Gasteiger partial charge in [0.05, 0.1) is 11.6 Å². The molecule has 0 unspecified atom stereocenters. The number of amides is 1. The summed E-state index contributed by atoms with van der Waals surface area (Å²) < 4.78 is 17.7. The smallest absolute Gasteiger partial charge is 0.305 e. The van der Waals surface area contributed by atoms with Gasteiger partial charge in [0, 0.05) is 19.0 Å². The molecule has 1 aromatic rings. The molecule has 0 aromatic heterocycles. The van der Waals surface area contributed by atoms with Crippen LogP contribution in [0.4, 0.5) is 4.39 Å². The third-order valence-corrected chi connectivity index (χ3v) is 2.82. The summed E-state index contributed by atoms with van der Waals surface area (Å²) in [6, 6.07) is 4.19. The second-order valence-electron chi connectivity index (χ2n) is 4.21. The van der Waals surface area contributed by atoms with Gasteiger partial charge < -0.3 is 10.1 Å². The van der Waals surface area contributed by atoms with E-state index in [1.165, 1.54) is 30.4 Å². The minimum atomic E-state index is -0.503. The lowest BCUT2D eigenvalue weighted by Gasteiger charge is -2.02. The maximum Gasteiger partial charge on any atom is 0.305 e. The van der Waals surface area contributed by atoms with Crippen LogP contribution >= 0.6 is 11.6 Å². The number of benzene rings is 1. The summed E-state index contributed by atoms with van der Waals surface area (Å²) in [5.74, 6) is -1.07. The minimum absolute atomic E-state index is 0.00648. The summed E-state index contributed by atoms with van der Waals surface area (Å²) in [5, 5.41) is 2.64. The summed E-state index contributed by atoms with van der Waals surface area (Å²) in [6.07, 6.45) is 3.64. The minimum Gasteiger partial charge on any atom is -0.466 e. The molecule has 1 aromatic carbocycles. The molecular weight excluding hydrogens is 297 g/mol. The van der Waals surface area contributed by atoms with E-state index in [4.69, 9.17) is 16.3 Å². The van der Waals surface area contributed by atoms with Crippen LogP contribution in [0.3, 0.4) is 0 Å². The molecule has 0 spiro atoms. The van der Waals surface area contributed by atoms with E-state index < -0.39 is 5.82 Å². The molecule has 0 aliphatic rings. The Morgan fingerprint density at radius 1 is 1.43 bits per heavy atom. The summed E-state index contributed by atoms with van der Waals surface area (Å²) in [4.78, 5) is 22.6. The molecule has 0 saturated heterocycles. The van der Waals surface area contributed by atoms with Gasteiger partial charge in [-0.2, -0.15) is 0 Å². The van der Waals surface area contributed by atoms with Gasteiger partial charge >= 0.3 is 5.97 Å². The molecule has 0 aliphatic carbocycles. The van der Waals surface area contributed by atoms with Crippen molar-refractivity contribution in [1.82, 2.24) is 5.32 Å². The molecule has 0 bridgehead atoms. The van der Waals surface area contributed by atoms with Crippen molar-refractivity contribution in [1.29, 1.82) is 0 Å². The molecule has 0 aliphatic heterocycles. The van der Waals surface area contributed by atoms with Gasteiger partial charge in [-0.15, -0.1) is 0 Å². The Balaban J connectivity index is 2.31. The normalized spacial score (nSPS) is 10.6. The highest BCUT2D eigenvalue weighted by Crippen LogP contribution is 2.16. The van der Waals surface area contributed by atoms with Gasteiger partial charge in [0.2, 0.25) is 5.91 Å². The molecule has 6 heteroatoms. The van der Waals surface area contributed by atoms with E-state index in [1.54, 1.807) is 6.92 Å². The monoisotopic (exact) mass is 313 g/mol. The fourth-order valence-electron chi connectivity index (χ4n) is 1.52. The van der Waals surface area contributed by atoms with E-state index >= 15 is 0 Å². The Hall–Kier alpha value is -1.88. The number of hydrogen-bond acceptors (Lipinski definition) is 3. The molecule has 1 amide bonds. The van der Waals surface area contributed by atoms with Crippen molar-refractivity contribution in [2.75, 3.05) is 13.2 Å². The van der Waals surface area contributed by atoms with Gasteiger partial charge in [0.1, 0.15) is 5.82 Å². The highest BCUT2D eigenvalue weighted by molar-refractivity contribution is 6.30. The molecule has 0 fully saturated rings. The lowest BCUT2D eigenvalue weighted by molar-refractivity contribution is -0.143. The van der Waals surface area contributed by atoms with E-state index in [1.807, 2.05) is 0 Å². The van der Waals surface area contributed by atoms with Crippen molar-refractivity contribution in [3.05, 3.63) is 40.7 Å². The van der Waals surface area contributed by atoms with Gasteiger partial charge in [0.15, 0.2) is 0 Å². The fraction of sp³-hybridized carbons (Fsp3) is 0.333. The lowest BCUT2D eigenvalue weighted by Crippen LogP contribution is -2.22. The first kappa shape index (κ1) is 17.2. The molecule has 21 heavy (non-hydrogen) atoms. The van der Waals surface area contributed by atoms with Gasteiger partial charge in [-0.25, -0.2) is 4.39 Å². The average molecular weight is 314 g/mol. The largest absolute Gasteiger partial charge is 0.466 e. The number of hydrogen-bond donors (Lipinski definition) is 1. The Bertz CT molecular complexity index is 532. The topological polar surface area (TPSA) is 55.4 Å². The van der Waals surface area contributed by atoms with Gasteiger partial charge in [-0.05, 0) is 37.1 Å². The first-order valence-electron chi connectivity index (χ1n) is 6.59. The second-order valence-corrected chi connectivity index (χ2v) is 4.61. The number of ether oxygens (including phenoxy) is 1. The van der Waals surface area contributed by atoms with Crippen molar-refractivity contribution in [2.24, 2.45) is 0 Å². The number of esters is 1. The molecule has 114 valence electrons. The molecule has 4 nitrogen and oxygen atoms in total. The second kappa shape index (κ2) is 9.13. The highest BCUT2D eigenvalue weighted by Gasteiger charge is 2.02. The van der Waals surface area contributed by atoms with Crippen LogP contribution in [0.25, 0.3) is 6.08 Å². The SMILES string of the molecule is CCOC(=O)CCCNC(=O)C=Cc1ccc(F)c(Cl)c1. The van der Waals surface area contributed by atoms with Crippen LogP contribution in [-0.2, 0) is 14.3 Å². The van der Waals surface area contributed by atoms with E-state index in [0.717, 1.165) is 0 Å². The van der Waals surface area contributed by atoms with Crippen LogP contribution in [-0.4, -0.2) is 25.0 Å². The predicted octanol–water partition coefficient (Wildman–Crippen LogP) is 2.95. The summed E-state index contributed by atoms with van der Waals surface area (Å²) in [5.41, 5.74) is 0.628. The summed E-state index contributed by atoms with van der Waals surface area (Å²) in [7, 11) is 0. The fourth-order valence-corrected chi connectivity index (χ4v) is 1.71. The van der Waals surface area contributed by atoms with E-state index in [9.17, 15) is 14.0 Å². The average Bonchev–Trinajstić information content (AvgIpc) is 2.45. The van der Waals surface area contributed by atoms with Crippen molar-refractivity contribution in [2.45, 2.75) is 19.8 Å². The van der Waals surface area contributed by atoms with Crippen molar-refractivity contribution in [3.63, 3.8) is 0 Å². The van der Waals surface area contributed by atoms with Crippen LogP contribution < -0.4 is 5.32 Å². The molecule has 0 atom stereocenters. The molecule has 0 heterocycles. The van der Waals surface area contributed by atoms with E-state index in [-0.39, 0.29) is 23.3 Å². The van der Waals surface area contributed by atoms with Crippen LogP contribution in [0, 0.1) is 5.82 Å². The third kappa shape index (κ3) is 6.90. The third-order valence-electron chi connectivity index (χ3n) is 2.53. The molecule has 1 rings (SSSR count). The predicted molar refractivity (Wildman–Crippen MR) is 79.3 cm³/mol. The Labute approximate surface area is 127 Å². The molecule has 0 saturated carbocycles. The molecule has 0 radical (unpaired) electrons. The lowest BCUT2D eigenvalue weighted by atomic mass is 10.2. The quantitative estimate of drug-likeness (QED) is 0.478. The number of carbonyl (C=O) groups is 2. The van der Waals surface area contributed by atoms with Gasteiger partial charge in [-0.1, -0.05) is 17.7 Å². The zero-order valence-electron chi connectivity index (χ0n) is 11.7.